The van der Waals surface area contributed by atoms with Gasteiger partial charge >= 0.3 is 0 Å². The fourth-order valence-electron chi connectivity index (χ4n) is 1.94. The molecule has 0 heterocycles. The normalized spacial score (nSPS) is 15.9. The van der Waals surface area contributed by atoms with Crippen LogP contribution in [0.4, 0.5) is 0 Å². The number of benzene rings is 1. The van der Waals surface area contributed by atoms with Gasteiger partial charge in [0.2, 0.25) is 10.0 Å². The van der Waals surface area contributed by atoms with Crippen LogP contribution in [0.25, 0.3) is 0 Å². The Morgan fingerprint density at radius 2 is 2.11 bits per heavy atom. The van der Waals surface area contributed by atoms with Gasteiger partial charge < -0.3 is 5.73 Å². The van der Waals surface area contributed by atoms with Crippen molar-refractivity contribution in [3.05, 3.63) is 29.3 Å². The molecule has 18 heavy (non-hydrogen) atoms. The van der Waals surface area contributed by atoms with E-state index in [1.165, 1.54) is 12.8 Å². The van der Waals surface area contributed by atoms with Crippen LogP contribution in [0.3, 0.4) is 0 Å². The Morgan fingerprint density at radius 1 is 1.39 bits per heavy atom. The molecule has 1 aromatic rings. The summed E-state index contributed by atoms with van der Waals surface area (Å²) in [5, 5.41) is 0. The summed E-state index contributed by atoms with van der Waals surface area (Å²) >= 11 is 0. The Kier molecular flexibility index (Phi) is 4.04. The SMILES string of the molecule is Cc1ccc(CN)cc1S(=O)(=O)NCCC1CC1. The third-order valence-corrected chi connectivity index (χ3v) is 4.92. The van der Waals surface area contributed by atoms with Gasteiger partial charge in [0, 0.05) is 13.1 Å². The lowest BCUT2D eigenvalue weighted by Crippen LogP contribution is -2.26. The summed E-state index contributed by atoms with van der Waals surface area (Å²) in [6.07, 6.45) is 3.42. The average Bonchev–Trinajstić information content (AvgIpc) is 3.13. The van der Waals surface area contributed by atoms with Crippen molar-refractivity contribution >= 4 is 10.0 Å². The van der Waals surface area contributed by atoms with Crippen molar-refractivity contribution in [3.63, 3.8) is 0 Å². The number of nitrogens with one attached hydrogen (secondary N) is 1. The lowest BCUT2D eigenvalue weighted by Gasteiger charge is -2.10. The van der Waals surface area contributed by atoms with Gasteiger partial charge in [-0.2, -0.15) is 0 Å². The minimum atomic E-state index is -3.40. The summed E-state index contributed by atoms with van der Waals surface area (Å²) in [5.41, 5.74) is 7.14. The molecule has 100 valence electrons. The van der Waals surface area contributed by atoms with Crippen molar-refractivity contribution in [1.82, 2.24) is 4.72 Å². The Labute approximate surface area is 109 Å². The van der Waals surface area contributed by atoms with E-state index in [2.05, 4.69) is 4.72 Å². The first kappa shape index (κ1) is 13.5. The van der Waals surface area contributed by atoms with E-state index in [1.54, 1.807) is 19.1 Å². The Bertz CT molecular complexity index is 522. The van der Waals surface area contributed by atoms with Gasteiger partial charge in [0.15, 0.2) is 0 Å². The summed E-state index contributed by atoms with van der Waals surface area (Å²) in [6, 6.07) is 5.32. The number of sulfonamides is 1. The molecular formula is C13H20N2O2S. The average molecular weight is 268 g/mol. The predicted molar refractivity (Wildman–Crippen MR) is 71.6 cm³/mol. The van der Waals surface area contributed by atoms with Gasteiger partial charge in [0.25, 0.3) is 0 Å². The van der Waals surface area contributed by atoms with E-state index in [-0.39, 0.29) is 0 Å². The number of hydrogen-bond acceptors (Lipinski definition) is 3. The first-order valence-electron chi connectivity index (χ1n) is 6.32. The molecule has 0 atom stereocenters. The summed E-state index contributed by atoms with van der Waals surface area (Å²) in [5.74, 6) is 0.726. The van der Waals surface area contributed by atoms with Gasteiger partial charge in [0.05, 0.1) is 4.90 Å². The summed E-state index contributed by atoms with van der Waals surface area (Å²) < 4.78 is 27.0. The van der Waals surface area contributed by atoms with Crippen molar-refractivity contribution in [1.29, 1.82) is 0 Å². The van der Waals surface area contributed by atoms with E-state index < -0.39 is 10.0 Å². The lowest BCUT2D eigenvalue weighted by atomic mass is 10.1. The van der Waals surface area contributed by atoms with Gasteiger partial charge in [-0.3, -0.25) is 0 Å². The number of rotatable bonds is 6. The molecule has 0 spiro atoms. The van der Waals surface area contributed by atoms with Crippen molar-refractivity contribution in [2.45, 2.75) is 37.6 Å². The third-order valence-electron chi connectivity index (χ3n) is 3.32. The van der Waals surface area contributed by atoms with E-state index in [0.29, 0.717) is 18.0 Å². The Morgan fingerprint density at radius 3 is 2.72 bits per heavy atom. The second kappa shape index (κ2) is 5.38. The molecule has 1 saturated carbocycles. The highest BCUT2D eigenvalue weighted by atomic mass is 32.2. The van der Waals surface area contributed by atoms with Crippen LogP contribution in [-0.4, -0.2) is 15.0 Å². The van der Waals surface area contributed by atoms with Crippen LogP contribution in [0.2, 0.25) is 0 Å². The molecule has 0 bridgehead atoms. The van der Waals surface area contributed by atoms with Crippen molar-refractivity contribution in [2.24, 2.45) is 11.7 Å². The lowest BCUT2D eigenvalue weighted by molar-refractivity contribution is 0.574. The van der Waals surface area contributed by atoms with Crippen molar-refractivity contribution in [2.75, 3.05) is 6.54 Å². The van der Waals surface area contributed by atoms with Gasteiger partial charge in [-0.25, -0.2) is 13.1 Å². The fraction of sp³-hybridized carbons (Fsp3) is 0.538. The number of aryl methyl sites for hydroxylation is 1. The first-order chi connectivity index (χ1) is 8.53. The maximum absolute atomic E-state index is 12.2. The summed E-state index contributed by atoms with van der Waals surface area (Å²) in [7, 11) is -3.40. The molecule has 5 heteroatoms. The standard InChI is InChI=1S/C13H20N2O2S/c1-10-2-3-12(9-14)8-13(10)18(16,17)15-7-6-11-4-5-11/h2-3,8,11,15H,4-7,9,14H2,1H3. The molecule has 1 aliphatic carbocycles. The molecule has 0 saturated heterocycles. The molecule has 4 nitrogen and oxygen atoms in total. The number of hydrogen-bond donors (Lipinski definition) is 2. The van der Waals surface area contributed by atoms with Crippen LogP contribution in [0.5, 0.6) is 0 Å². The number of nitrogens with two attached hydrogens (primary N) is 1. The van der Waals surface area contributed by atoms with E-state index in [9.17, 15) is 8.42 Å². The maximum atomic E-state index is 12.2. The van der Waals surface area contributed by atoms with Crippen LogP contribution in [0, 0.1) is 12.8 Å². The molecule has 0 aliphatic heterocycles. The van der Waals surface area contributed by atoms with Crippen LogP contribution in [0.15, 0.2) is 23.1 Å². The maximum Gasteiger partial charge on any atom is 0.240 e. The molecular weight excluding hydrogens is 248 g/mol. The van der Waals surface area contributed by atoms with Gasteiger partial charge in [-0.05, 0) is 36.5 Å². The highest BCUT2D eigenvalue weighted by Gasteiger charge is 2.22. The van der Waals surface area contributed by atoms with Crippen LogP contribution >= 0.6 is 0 Å². The van der Waals surface area contributed by atoms with Gasteiger partial charge in [-0.1, -0.05) is 25.0 Å². The summed E-state index contributed by atoms with van der Waals surface area (Å²) in [6.45, 7) is 2.68. The van der Waals surface area contributed by atoms with E-state index in [4.69, 9.17) is 5.73 Å². The van der Waals surface area contributed by atoms with Gasteiger partial charge in [0.1, 0.15) is 0 Å². The molecule has 1 aromatic carbocycles. The molecule has 0 aromatic heterocycles. The Balaban J connectivity index is 2.11. The van der Waals surface area contributed by atoms with Crippen LogP contribution < -0.4 is 10.5 Å². The van der Waals surface area contributed by atoms with E-state index in [1.807, 2.05) is 6.07 Å². The monoisotopic (exact) mass is 268 g/mol. The zero-order chi connectivity index (χ0) is 13.2. The highest BCUT2D eigenvalue weighted by molar-refractivity contribution is 7.89. The fourth-order valence-corrected chi connectivity index (χ4v) is 3.28. The van der Waals surface area contributed by atoms with Crippen LogP contribution in [-0.2, 0) is 16.6 Å². The highest BCUT2D eigenvalue weighted by Crippen LogP contribution is 2.31. The minimum absolute atomic E-state index is 0.348. The van der Waals surface area contributed by atoms with Gasteiger partial charge in [-0.15, -0.1) is 0 Å². The van der Waals surface area contributed by atoms with Crippen LogP contribution in [0.1, 0.15) is 30.4 Å². The quantitative estimate of drug-likeness (QED) is 0.822. The predicted octanol–water partition coefficient (Wildman–Crippen LogP) is 1.53. The van der Waals surface area contributed by atoms with Crippen molar-refractivity contribution < 1.29 is 8.42 Å². The molecule has 2 rings (SSSR count). The third kappa shape index (κ3) is 3.31. The molecule has 0 unspecified atom stereocenters. The molecule has 3 N–H and O–H groups in total. The second-order valence-electron chi connectivity index (χ2n) is 4.93. The zero-order valence-electron chi connectivity index (χ0n) is 10.6. The second-order valence-corrected chi connectivity index (χ2v) is 6.67. The van der Waals surface area contributed by atoms with E-state index >= 15 is 0 Å². The molecule has 0 radical (unpaired) electrons. The molecule has 0 amide bonds. The summed E-state index contributed by atoms with van der Waals surface area (Å²) in [4.78, 5) is 0.348. The van der Waals surface area contributed by atoms with Crippen molar-refractivity contribution in [3.8, 4) is 0 Å². The van der Waals surface area contributed by atoms with E-state index in [0.717, 1.165) is 23.5 Å². The largest absolute Gasteiger partial charge is 0.326 e. The topological polar surface area (TPSA) is 72.2 Å². The minimum Gasteiger partial charge on any atom is -0.326 e. The smallest absolute Gasteiger partial charge is 0.240 e. The molecule has 1 fully saturated rings. The Hall–Kier alpha value is -0.910. The molecule has 1 aliphatic rings. The zero-order valence-corrected chi connectivity index (χ0v) is 11.5. The first-order valence-corrected chi connectivity index (χ1v) is 7.80.